The van der Waals surface area contributed by atoms with E-state index in [4.69, 9.17) is 25.0 Å². The second-order valence-corrected chi connectivity index (χ2v) is 12.6. The molecule has 0 saturated heterocycles. The van der Waals surface area contributed by atoms with Crippen molar-refractivity contribution < 1.29 is 42.8 Å². The largest absolute Gasteiger partial charge is 0.455 e. The molecule has 0 spiro atoms. The summed E-state index contributed by atoms with van der Waals surface area (Å²) in [5, 5.41) is -4.90. The molecule has 1 aliphatic carbocycles. The van der Waals surface area contributed by atoms with Gasteiger partial charge in [-0.2, -0.15) is 0 Å². The van der Waals surface area contributed by atoms with Gasteiger partial charge in [0, 0.05) is 21.6 Å². The zero-order chi connectivity index (χ0) is 58.9. The molecule has 0 amide bonds. The minimum Gasteiger partial charge on any atom is -0.455 e. The first-order chi connectivity index (χ1) is 37.2. The van der Waals surface area contributed by atoms with E-state index in [0.717, 1.165) is 0 Å². The van der Waals surface area contributed by atoms with E-state index in [2.05, 4.69) is 0 Å². The molecular formula is C51H34O. The maximum absolute atomic E-state index is 9.72. The third kappa shape index (κ3) is 4.05. The lowest BCUT2D eigenvalue weighted by Gasteiger charge is -2.21. The van der Waals surface area contributed by atoms with Crippen LogP contribution in [0.4, 0.5) is 0 Å². The highest BCUT2D eigenvalue weighted by molar-refractivity contribution is 6.27. The Bertz CT molecular complexity index is 4600. The lowest BCUT2D eigenvalue weighted by molar-refractivity contribution is 0.660. The summed E-state index contributed by atoms with van der Waals surface area (Å²) in [6.07, 6.45) is 0. The Balaban J connectivity index is 1.36. The van der Waals surface area contributed by atoms with Gasteiger partial charge in [-0.1, -0.05) is 165 Å². The van der Waals surface area contributed by atoms with Crippen LogP contribution in [0.1, 0.15) is 63.4 Å². The molecule has 11 rings (SSSR count). The molecule has 1 nitrogen and oxygen atoms in total. The average Bonchev–Trinajstić information content (AvgIpc) is 3.46. The second kappa shape index (κ2) is 10.8. The maximum Gasteiger partial charge on any atom is 0.143 e. The first-order valence-electron chi connectivity index (χ1n) is 29.9. The second-order valence-electron chi connectivity index (χ2n) is 12.6. The first kappa shape index (κ1) is 13.0. The van der Waals surface area contributed by atoms with Gasteiger partial charge in [0.1, 0.15) is 11.2 Å². The minimum atomic E-state index is -1.40. The van der Waals surface area contributed by atoms with Crippen molar-refractivity contribution in [3.8, 4) is 44.5 Å². The van der Waals surface area contributed by atoms with E-state index in [9.17, 15) is 17.8 Å². The number of benzene rings is 9. The molecule has 1 heterocycles. The maximum atomic E-state index is 9.72. The summed E-state index contributed by atoms with van der Waals surface area (Å²) in [5.74, 6) is 0. The van der Waals surface area contributed by atoms with Crippen LogP contribution in [0.15, 0.2) is 174 Å². The summed E-state index contributed by atoms with van der Waals surface area (Å²) >= 11 is 0. The van der Waals surface area contributed by atoms with E-state index >= 15 is 0 Å². The van der Waals surface area contributed by atoms with Crippen molar-refractivity contribution in [3.05, 3.63) is 180 Å². The van der Waals surface area contributed by atoms with Crippen LogP contribution < -0.4 is 0 Å². The first-order valence-corrected chi connectivity index (χ1v) is 15.9. The highest BCUT2D eigenvalue weighted by Gasteiger charge is 2.35. The molecule has 10 aromatic rings. The smallest absolute Gasteiger partial charge is 0.143 e. The van der Waals surface area contributed by atoms with Crippen LogP contribution in [0.25, 0.3) is 98.8 Å². The molecule has 0 saturated carbocycles. The Kier molecular flexibility index (Phi) is 2.69. The Hall–Kier alpha value is -6.44. The molecule has 0 N–H and O–H groups in total. The molecule has 0 radical (unpaired) electrons. The van der Waals surface area contributed by atoms with Gasteiger partial charge in [-0.25, -0.2) is 0 Å². The van der Waals surface area contributed by atoms with Gasteiger partial charge in [0.2, 0.25) is 0 Å². The predicted octanol–water partition coefficient (Wildman–Crippen LogP) is 14.4. The van der Waals surface area contributed by atoms with E-state index < -0.39 is 262 Å². The summed E-state index contributed by atoms with van der Waals surface area (Å²) < 4.78 is 262. The molecule has 1 aliphatic rings. The van der Waals surface area contributed by atoms with Crippen molar-refractivity contribution in [3.63, 3.8) is 0 Å². The van der Waals surface area contributed by atoms with Gasteiger partial charge < -0.3 is 4.42 Å². The van der Waals surface area contributed by atoms with Gasteiger partial charge in [-0.05, 0) is 101 Å². The molecule has 244 valence electrons. The molecule has 52 heavy (non-hydrogen) atoms. The van der Waals surface area contributed by atoms with Crippen molar-refractivity contribution in [1.29, 1.82) is 0 Å². The quantitative estimate of drug-likeness (QED) is 0.168. The number of rotatable bonds is 3. The van der Waals surface area contributed by atoms with Crippen molar-refractivity contribution in [1.82, 2.24) is 0 Å². The van der Waals surface area contributed by atoms with Crippen molar-refractivity contribution in [2.75, 3.05) is 0 Å². The highest BCUT2D eigenvalue weighted by Crippen LogP contribution is 2.50. The van der Waals surface area contributed by atoms with Crippen LogP contribution in [0.5, 0.6) is 0 Å². The minimum absolute atomic E-state index is 0.00251. The molecule has 0 atom stereocenters. The van der Waals surface area contributed by atoms with Gasteiger partial charge in [0.05, 0.1) is 38.4 Å². The van der Waals surface area contributed by atoms with Crippen LogP contribution in [0.3, 0.4) is 0 Å². The Morgan fingerprint density at radius 1 is 0.423 bits per heavy atom. The number of furan rings is 1. The van der Waals surface area contributed by atoms with Crippen LogP contribution in [-0.4, -0.2) is 0 Å². The van der Waals surface area contributed by atoms with Crippen LogP contribution in [-0.2, 0) is 5.41 Å². The summed E-state index contributed by atoms with van der Waals surface area (Å²) in [4.78, 5) is 0. The third-order valence-corrected chi connectivity index (χ3v) is 9.50. The van der Waals surface area contributed by atoms with Crippen LogP contribution >= 0.6 is 0 Å². The van der Waals surface area contributed by atoms with Crippen molar-refractivity contribution in [2.24, 2.45) is 0 Å². The van der Waals surface area contributed by atoms with Crippen LogP contribution in [0, 0.1) is 0 Å². The normalized spacial score (nSPS) is 20.9. The Morgan fingerprint density at radius 3 is 1.75 bits per heavy atom. The molecule has 0 fully saturated rings. The molecule has 0 bridgehead atoms. The Morgan fingerprint density at radius 2 is 1.00 bits per heavy atom. The Labute approximate surface area is 341 Å². The predicted molar refractivity (Wildman–Crippen MR) is 220 cm³/mol. The SMILES string of the molecule is [2H]c1c([2H])c([2H])c2c(c1[2H])-c1c([2H])c(-c3c([2H])c([2H])c(-c4c5c([2H])c([2H])c([2H])c([2H])c5c(-c5c([2H])c([2H])c([2H])c6oc7c8c([2H])c([2H])c([2H])c([2H])c8c([2H])c([2H])c7c56)c5c([2H])c([2H])c([2H])c([2H])c45)c([2H])c3[2H])c([2H])c([2H])c1C2(C)C. The number of hydrogen-bond acceptors (Lipinski definition) is 1. The topological polar surface area (TPSA) is 13.1 Å². The van der Waals surface area contributed by atoms with E-state index in [1.807, 2.05) is 0 Å². The number of hydrogen-bond donors (Lipinski definition) is 0. The van der Waals surface area contributed by atoms with Gasteiger partial charge >= 0.3 is 0 Å². The van der Waals surface area contributed by atoms with E-state index in [-0.39, 0.29) is 22.3 Å². The van der Waals surface area contributed by atoms with Gasteiger partial charge in [0.25, 0.3) is 0 Å². The molecule has 9 aromatic carbocycles. The molecule has 0 aliphatic heterocycles. The lowest BCUT2D eigenvalue weighted by Crippen LogP contribution is -2.14. The summed E-state index contributed by atoms with van der Waals surface area (Å²) in [5.41, 5.74) is -7.45. The van der Waals surface area contributed by atoms with E-state index in [1.165, 1.54) is 13.8 Å². The summed E-state index contributed by atoms with van der Waals surface area (Å²) in [7, 11) is 0. The van der Waals surface area contributed by atoms with E-state index in [1.54, 1.807) is 0 Å². The molecular weight excluding hydrogens is 629 g/mol. The highest BCUT2D eigenvalue weighted by atomic mass is 16.3. The molecule has 1 heteroatoms. The van der Waals surface area contributed by atoms with Crippen LogP contribution in [0.2, 0.25) is 0 Å². The standard InChI is InChI=1S/C51H34O/c1-51(2)44-20-10-9-14-36(44)43-30-34(27-29-45(43)51)31-22-24-33(25-23-31)47-37-15-5-7-17-39(37)48(40-18-8-6-16-38(40)47)41-19-11-21-46-49(41)42-28-26-32-12-3-4-13-35(32)50(42)52-46/h3-30H,1-2H3/i3D,4D,5D,6D,7D,8D,9D,10D,11D,12D,13D,14D,15D,16D,17D,18D,19D,20D,21D,22D,23D,24D,25D,26D,27D,28D,29D,30D. The fourth-order valence-electron chi connectivity index (χ4n) is 7.12. The van der Waals surface area contributed by atoms with Crippen molar-refractivity contribution >= 4 is 54.3 Å². The summed E-state index contributed by atoms with van der Waals surface area (Å²) in [6, 6.07) is -24.0. The summed E-state index contributed by atoms with van der Waals surface area (Å²) in [6.45, 7) is 3.08. The fourth-order valence-corrected chi connectivity index (χ4v) is 7.12. The zero-order valence-electron chi connectivity index (χ0n) is 54.9. The van der Waals surface area contributed by atoms with Gasteiger partial charge in [-0.3, -0.25) is 0 Å². The monoisotopic (exact) mass is 690 g/mol. The van der Waals surface area contributed by atoms with Gasteiger partial charge in [-0.15, -0.1) is 0 Å². The lowest BCUT2D eigenvalue weighted by atomic mass is 9.82. The third-order valence-electron chi connectivity index (χ3n) is 9.50. The zero-order valence-corrected chi connectivity index (χ0v) is 26.9. The van der Waals surface area contributed by atoms with Gasteiger partial charge in [0.15, 0.2) is 0 Å². The molecule has 1 aromatic heterocycles. The average molecular weight is 691 g/mol. The molecule has 0 unspecified atom stereocenters. The van der Waals surface area contributed by atoms with E-state index in [0.29, 0.717) is 0 Å². The number of fused-ring (bicyclic) bond motifs is 10. The van der Waals surface area contributed by atoms with Crippen molar-refractivity contribution in [2.45, 2.75) is 19.3 Å². The fraction of sp³-hybridized carbons (Fsp3) is 0.0588.